The quantitative estimate of drug-likeness (QED) is 0.167. The fourth-order valence-corrected chi connectivity index (χ4v) is 5.37. The Kier molecular flexibility index (Phi) is 12.7. The molecular weight excluding hydrogens is 616 g/mol. The topological polar surface area (TPSA) is 172 Å². The van der Waals surface area contributed by atoms with Crippen LogP contribution in [0, 0.1) is 0 Å². The van der Waals surface area contributed by atoms with Crippen molar-refractivity contribution < 1.29 is 28.5 Å². The lowest BCUT2D eigenvalue weighted by molar-refractivity contribution is -0.116. The third-order valence-corrected chi connectivity index (χ3v) is 7.81. The Labute approximate surface area is 279 Å². The average Bonchev–Trinajstić information content (AvgIpc) is 3.11. The molecule has 0 aromatic carbocycles. The number of aromatic nitrogens is 6. The van der Waals surface area contributed by atoms with Crippen LogP contribution in [0.4, 0.5) is 11.6 Å². The summed E-state index contributed by atoms with van der Waals surface area (Å²) >= 11 is 0. The molecule has 2 unspecified atom stereocenters. The largest absolute Gasteiger partial charge is 0.490 e. The second-order valence-corrected chi connectivity index (χ2v) is 11.4. The van der Waals surface area contributed by atoms with Gasteiger partial charge in [0.1, 0.15) is 24.7 Å². The van der Waals surface area contributed by atoms with Crippen LogP contribution in [0.1, 0.15) is 60.3 Å². The second kappa shape index (κ2) is 17.7. The lowest BCUT2D eigenvalue weighted by Crippen LogP contribution is -2.19. The molecule has 1 aliphatic rings. The summed E-state index contributed by atoms with van der Waals surface area (Å²) < 4.78 is 20.9. The number of amides is 2. The number of carbonyl (C=O) groups is 2. The summed E-state index contributed by atoms with van der Waals surface area (Å²) in [5.74, 6) is 1.96. The normalized spacial score (nSPS) is 15.8. The molecular formula is C34H40N8O6. The number of methoxy groups -OCH3 is 2. The first kappa shape index (κ1) is 34.3. The molecule has 0 aliphatic heterocycles. The molecule has 0 bridgehead atoms. The minimum absolute atomic E-state index is 0.104. The highest BCUT2D eigenvalue weighted by molar-refractivity contribution is 5.91. The maximum atomic E-state index is 12.6. The molecule has 2 N–H and O–H groups in total. The van der Waals surface area contributed by atoms with Gasteiger partial charge in [-0.2, -0.15) is 10.2 Å². The van der Waals surface area contributed by atoms with Gasteiger partial charge in [-0.15, -0.1) is 10.2 Å². The molecule has 1 fully saturated rings. The van der Waals surface area contributed by atoms with Crippen molar-refractivity contribution in [3.63, 3.8) is 0 Å². The Bertz CT molecular complexity index is 1470. The molecule has 252 valence electrons. The molecule has 14 nitrogen and oxygen atoms in total. The third-order valence-electron chi connectivity index (χ3n) is 7.81. The van der Waals surface area contributed by atoms with Crippen LogP contribution >= 0.6 is 0 Å². The van der Waals surface area contributed by atoms with Crippen molar-refractivity contribution in [2.45, 2.75) is 50.4 Å². The second-order valence-electron chi connectivity index (χ2n) is 11.4. The van der Waals surface area contributed by atoms with Gasteiger partial charge < -0.3 is 29.6 Å². The van der Waals surface area contributed by atoms with E-state index in [1.54, 1.807) is 63.0 Å². The standard InChI is InChI=1S/C34H40N8O6/c1-45-14-16-47-27-8-6-25(35-21-27)19-33(43)37-31-12-10-29(39-41-31)23-4-3-5-24(18-23)30-11-13-32(42-40-30)38-34(44)20-26-7-9-28(22-36-26)48-17-15-46-2/h6-13,21-24H,3-5,14-20H2,1-2H3,(H,37,41,43)(H,38,42,44). The van der Waals surface area contributed by atoms with Gasteiger partial charge in [-0.25, -0.2) is 0 Å². The number of anilines is 2. The molecule has 2 amide bonds. The zero-order chi connectivity index (χ0) is 33.6. The minimum Gasteiger partial charge on any atom is -0.490 e. The monoisotopic (exact) mass is 656 g/mol. The van der Waals surface area contributed by atoms with Crippen molar-refractivity contribution >= 4 is 23.5 Å². The van der Waals surface area contributed by atoms with E-state index in [1.165, 1.54) is 0 Å². The predicted molar refractivity (Wildman–Crippen MR) is 176 cm³/mol. The number of nitrogens with zero attached hydrogens (tertiary/aromatic N) is 6. The molecule has 0 saturated heterocycles. The zero-order valence-corrected chi connectivity index (χ0v) is 27.1. The molecule has 14 heteroatoms. The summed E-state index contributed by atoms with van der Waals surface area (Å²) in [6.07, 6.45) is 7.23. The van der Waals surface area contributed by atoms with Crippen molar-refractivity contribution in [1.29, 1.82) is 0 Å². The molecule has 4 aromatic heterocycles. The fraction of sp³-hybridized carbons (Fsp3) is 0.412. The molecule has 0 spiro atoms. The van der Waals surface area contributed by atoms with E-state index >= 15 is 0 Å². The van der Waals surface area contributed by atoms with Crippen LogP contribution in [0.2, 0.25) is 0 Å². The molecule has 5 rings (SSSR count). The summed E-state index contributed by atoms with van der Waals surface area (Å²) in [6.45, 7) is 1.83. The predicted octanol–water partition coefficient (Wildman–Crippen LogP) is 3.91. The highest BCUT2D eigenvalue weighted by atomic mass is 16.5. The van der Waals surface area contributed by atoms with Crippen molar-refractivity contribution in [2.24, 2.45) is 0 Å². The van der Waals surface area contributed by atoms with Crippen molar-refractivity contribution in [3.8, 4) is 11.5 Å². The molecule has 2 atom stereocenters. The SMILES string of the molecule is COCCOc1ccc(CC(=O)Nc2ccc(C3CCCC(c4ccc(NC(=O)Cc5ccc(OCCOC)cn5)nn4)C3)nn2)nc1. The van der Waals surface area contributed by atoms with E-state index in [4.69, 9.17) is 18.9 Å². The fourth-order valence-electron chi connectivity index (χ4n) is 5.37. The van der Waals surface area contributed by atoms with Crippen LogP contribution in [-0.2, 0) is 31.9 Å². The number of carbonyl (C=O) groups excluding carboxylic acids is 2. The van der Waals surface area contributed by atoms with Gasteiger partial charge in [0.2, 0.25) is 11.8 Å². The summed E-state index contributed by atoms with van der Waals surface area (Å²) in [4.78, 5) is 33.7. The van der Waals surface area contributed by atoms with E-state index in [2.05, 4.69) is 41.0 Å². The third kappa shape index (κ3) is 10.5. The van der Waals surface area contributed by atoms with Crippen molar-refractivity contribution in [2.75, 3.05) is 51.3 Å². The molecule has 4 heterocycles. The van der Waals surface area contributed by atoms with Gasteiger partial charge >= 0.3 is 0 Å². The first-order valence-electron chi connectivity index (χ1n) is 15.9. The number of hydrogen-bond donors (Lipinski definition) is 2. The molecule has 1 aliphatic carbocycles. The van der Waals surface area contributed by atoms with E-state index in [1.807, 2.05) is 12.1 Å². The van der Waals surface area contributed by atoms with Crippen LogP contribution in [-0.4, -0.2) is 82.8 Å². The Balaban J connectivity index is 1.07. The van der Waals surface area contributed by atoms with E-state index in [9.17, 15) is 9.59 Å². The van der Waals surface area contributed by atoms with Crippen LogP contribution in [0.25, 0.3) is 0 Å². The number of pyridine rings is 2. The number of ether oxygens (including phenoxy) is 4. The van der Waals surface area contributed by atoms with Crippen LogP contribution in [0.5, 0.6) is 11.5 Å². The average molecular weight is 657 g/mol. The van der Waals surface area contributed by atoms with Gasteiger partial charge in [-0.1, -0.05) is 6.42 Å². The lowest BCUT2D eigenvalue weighted by Gasteiger charge is -2.28. The smallest absolute Gasteiger partial charge is 0.231 e. The van der Waals surface area contributed by atoms with E-state index in [0.717, 1.165) is 37.1 Å². The summed E-state index contributed by atoms with van der Waals surface area (Å²) in [7, 11) is 3.22. The number of hydrogen-bond acceptors (Lipinski definition) is 12. The van der Waals surface area contributed by atoms with Gasteiger partial charge in [0.15, 0.2) is 11.6 Å². The van der Waals surface area contributed by atoms with Crippen LogP contribution in [0.3, 0.4) is 0 Å². The van der Waals surface area contributed by atoms with Crippen LogP contribution in [0.15, 0.2) is 60.9 Å². The van der Waals surface area contributed by atoms with Gasteiger partial charge in [-0.3, -0.25) is 19.6 Å². The summed E-state index contributed by atoms with van der Waals surface area (Å²) in [5, 5.41) is 23.0. The van der Waals surface area contributed by atoms with Gasteiger partial charge in [-0.05, 0) is 67.8 Å². The highest BCUT2D eigenvalue weighted by Crippen LogP contribution is 2.40. The maximum absolute atomic E-state index is 12.6. The number of rotatable bonds is 16. The first-order chi connectivity index (χ1) is 23.5. The molecule has 0 radical (unpaired) electrons. The Morgan fingerprint density at radius 3 is 1.50 bits per heavy atom. The van der Waals surface area contributed by atoms with Crippen molar-refractivity contribution in [3.05, 3.63) is 83.7 Å². The number of nitrogens with one attached hydrogen (secondary N) is 2. The van der Waals surface area contributed by atoms with E-state index in [0.29, 0.717) is 61.0 Å². The maximum Gasteiger partial charge on any atom is 0.231 e. The summed E-state index contributed by atoms with van der Waals surface area (Å²) in [5.41, 5.74) is 2.99. The van der Waals surface area contributed by atoms with Crippen molar-refractivity contribution in [1.82, 2.24) is 30.4 Å². The van der Waals surface area contributed by atoms with E-state index in [-0.39, 0.29) is 36.5 Å². The molecule has 48 heavy (non-hydrogen) atoms. The molecule has 4 aromatic rings. The zero-order valence-electron chi connectivity index (χ0n) is 27.1. The first-order valence-corrected chi connectivity index (χ1v) is 15.9. The highest BCUT2D eigenvalue weighted by Gasteiger charge is 2.27. The molecule has 1 saturated carbocycles. The lowest BCUT2D eigenvalue weighted by atomic mass is 9.78. The Morgan fingerprint density at radius 2 is 1.12 bits per heavy atom. The van der Waals surface area contributed by atoms with Gasteiger partial charge in [0, 0.05) is 37.4 Å². The Hall–Kier alpha value is -5.08. The van der Waals surface area contributed by atoms with E-state index < -0.39 is 0 Å². The van der Waals surface area contributed by atoms with Gasteiger partial charge in [0.05, 0.1) is 49.8 Å². The minimum atomic E-state index is -0.233. The van der Waals surface area contributed by atoms with Gasteiger partial charge in [0.25, 0.3) is 0 Å². The Morgan fingerprint density at radius 1 is 0.646 bits per heavy atom. The van der Waals surface area contributed by atoms with Crippen LogP contribution < -0.4 is 20.1 Å². The summed E-state index contributed by atoms with van der Waals surface area (Å²) in [6, 6.07) is 14.5.